The van der Waals surface area contributed by atoms with Gasteiger partial charge in [0.2, 0.25) is 0 Å². The summed E-state index contributed by atoms with van der Waals surface area (Å²) in [6, 6.07) is 11.9. The molecule has 0 saturated carbocycles. The minimum atomic E-state index is 0.579. The van der Waals surface area contributed by atoms with Crippen molar-refractivity contribution in [1.82, 2.24) is 0 Å². The molecule has 0 amide bonds. The highest BCUT2D eigenvalue weighted by molar-refractivity contribution is 9.10. The largest absolute Gasteiger partial charge is 0.398 e. The fourth-order valence-electron chi connectivity index (χ4n) is 1.73. The molecule has 0 aliphatic carbocycles. The molecule has 3 N–H and O–H groups in total. The average molecular weight is 326 g/mol. The molecule has 0 unspecified atom stereocenters. The van der Waals surface area contributed by atoms with Gasteiger partial charge in [0, 0.05) is 16.7 Å². The maximum absolute atomic E-state index is 6.02. The van der Waals surface area contributed by atoms with Crippen LogP contribution in [0.15, 0.2) is 40.9 Å². The summed E-state index contributed by atoms with van der Waals surface area (Å²) in [5, 5.41) is 3.95. The van der Waals surface area contributed by atoms with Crippen LogP contribution in [0.4, 0.5) is 11.4 Å². The van der Waals surface area contributed by atoms with Gasteiger partial charge in [0.05, 0.1) is 10.7 Å². The molecule has 18 heavy (non-hydrogen) atoms. The van der Waals surface area contributed by atoms with Gasteiger partial charge in [-0.15, -0.1) is 0 Å². The van der Waals surface area contributed by atoms with Crippen molar-refractivity contribution in [3.63, 3.8) is 0 Å². The van der Waals surface area contributed by atoms with Crippen molar-refractivity contribution >= 4 is 38.9 Å². The lowest BCUT2D eigenvalue weighted by Gasteiger charge is -2.12. The Morgan fingerprint density at radius 3 is 2.72 bits per heavy atom. The highest BCUT2D eigenvalue weighted by atomic mass is 79.9. The Labute approximate surface area is 120 Å². The number of rotatable bonds is 3. The molecule has 0 aliphatic rings. The zero-order valence-electron chi connectivity index (χ0n) is 10.0. The van der Waals surface area contributed by atoms with E-state index in [4.69, 9.17) is 17.3 Å². The van der Waals surface area contributed by atoms with E-state index in [1.54, 1.807) is 0 Å². The lowest BCUT2D eigenvalue weighted by molar-refractivity contribution is 1.13. The lowest BCUT2D eigenvalue weighted by Crippen LogP contribution is -2.02. The van der Waals surface area contributed by atoms with E-state index in [0.29, 0.717) is 10.7 Å². The summed E-state index contributed by atoms with van der Waals surface area (Å²) in [6.45, 7) is 2.75. The van der Waals surface area contributed by atoms with Gasteiger partial charge in [0.25, 0.3) is 0 Å². The first-order valence-corrected chi connectivity index (χ1v) is 6.78. The van der Waals surface area contributed by atoms with E-state index in [9.17, 15) is 0 Å². The molecule has 0 heterocycles. The minimum Gasteiger partial charge on any atom is -0.398 e. The van der Waals surface area contributed by atoms with Crippen LogP contribution in [0.5, 0.6) is 0 Å². The van der Waals surface area contributed by atoms with Crippen LogP contribution in [0.25, 0.3) is 0 Å². The summed E-state index contributed by atoms with van der Waals surface area (Å²) in [5.74, 6) is 0. The molecule has 0 radical (unpaired) electrons. The third-order valence-electron chi connectivity index (χ3n) is 2.77. The van der Waals surface area contributed by atoms with Gasteiger partial charge in [0.1, 0.15) is 0 Å². The number of anilines is 2. The molecule has 2 nitrogen and oxygen atoms in total. The van der Waals surface area contributed by atoms with Crippen LogP contribution in [-0.4, -0.2) is 0 Å². The number of halogens is 2. The fourth-order valence-corrected chi connectivity index (χ4v) is 2.32. The first-order valence-electron chi connectivity index (χ1n) is 5.61. The predicted molar refractivity (Wildman–Crippen MR) is 82.1 cm³/mol. The molecule has 0 fully saturated rings. The van der Waals surface area contributed by atoms with Crippen LogP contribution in [-0.2, 0) is 6.54 Å². The molecule has 0 bridgehead atoms. The minimum absolute atomic E-state index is 0.579. The van der Waals surface area contributed by atoms with E-state index in [2.05, 4.69) is 27.3 Å². The number of hydrogen-bond acceptors (Lipinski definition) is 2. The van der Waals surface area contributed by atoms with E-state index in [1.165, 1.54) is 5.56 Å². The SMILES string of the molecule is Cc1cc(N)c(Cl)cc1NCc1ccccc1Br. The first kappa shape index (κ1) is 13.2. The van der Waals surface area contributed by atoms with Crippen molar-refractivity contribution < 1.29 is 0 Å². The third kappa shape index (κ3) is 2.98. The molecule has 4 heteroatoms. The Morgan fingerprint density at radius 2 is 2.00 bits per heavy atom. The molecule has 2 rings (SSSR count). The number of nitrogen functional groups attached to an aromatic ring is 1. The molecule has 0 spiro atoms. The Bertz CT molecular complexity index is 570. The van der Waals surface area contributed by atoms with Crippen molar-refractivity contribution in [1.29, 1.82) is 0 Å². The van der Waals surface area contributed by atoms with E-state index < -0.39 is 0 Å². The van der Waals surface area contributed by atoms with Gasteiger partial charge in [-0.2, -0.15) is 0 Å². The van der Waals surface area contributed by atoms with Crippen LogP contribution in [0.3, 0.4) is 0 Å². The molecule has 94 valence electrons. The second kappa shape index (κ2) is 5.63. The Kier molecular flexibility index (Phi) is 4.15. The molecule has 2 aromatic carbocycles. The summed E-state index contributed by atoms with van der Waals surface area (Å²) < 4.78 is 1.09. The highest BCUT2D eigenvalue weighted by Gasteiger charge is 2.04. The highest BCUT2D eigenvalue weighted by Crippen LogP contribution is 2.27. The van der Waals surface area contributed by atoms with Gasteiger partial charge in [-0.3, -0.25) is 0 Å². The van der Waals surface area contributed by atoms with Crippen molar-refractivity contribution in [2.75, 3.05) is 11.1 Å². The number of hydrogen-bond donors (Lipinski definition) is 2. The van der Waals surface area contributed by atoms with Crippen LogP contribution < -0.4 is 11.1 Å². The summed E-state index contributed by atoms with van der Waals surface area (Å²) in [7, 11) is 0. The van der Waals surface area contributed by atoms with Crippen molar-refractivity contribution in [2.45, 2.75) is 13.5 Å². The van der Waals surface area contributed by atoms with Crippen LogP contribution >= 0.6 is 27.5 Å². The summed E-state index contributed by atoms with van der Waals surface area (Å²) in [4.78, 5) is 0. The molecule has 0 aliphatic heterocycles. The predicted octanol–water partition coefficient (Wildman–Crippen LogP) is 4.61. The molecule has 0 saturated heterocycles. The number of aryl methyl sites for hydroxylation is 1. The second-order valence-corrected chi connectivity index (χ2v) is 5.40. The maximum Gasteiger partial charge on any atom is 0.0656 e. The van der Waals surface area contributed by atoms with Gasteiger partial charge in [-0.1, -0.05) is 45.7 Å². The lowest BCUT2D eigenvalue weighted by atomic mass is 10.1. The zero-order chi connectivity index (χ0) is 13.1. The normalized spacial score (nSPS) is 10.4. The Hall–Kier alpha value is -1.19. The maximum atomic E-state index is 6.02. The van der Waals surface area contributed by atoms with Gasteiger partial charge in [0.15, 0.2) is 0 Å². The molecule has 0 atom stereocenters. The average Bonchev–Trinajstić information content (AvgIpc) is 2.34. The van der Waals surface area contributed by atoms with Crippen LogP contribution in [0.1, 0.15) is 11.1 Å². The standard InChI is InChI=1S/C14H14BrClN2/c1-9-6-13(17)12(16)7-14(9)18-8-10-4-2-3-5-11(10)15/h2-7,18H,8,17H2,1H3. The quantitative estimate of drug-likeness (QED) is 0.809. The summed E-state index contributed by atoms with van der Waals surface area (Å²) in [5.41, 5.74) is 9.66. The Morgan fingerprint density at radius 1 is 1.28 bits per heavy atom. The fraction of sp³-hybridized carbons (Fsp3) is 0.143. The molecule has 0 aromatic heterocycles. The van der Waals surface area contributed by atoms with Gasteiger partial charge in [-0.05, 0) is 36.2 Å². The molecule has 2 aromatic rings. The van der Waals surface area contributed by atoms with E-state index >= 15 is 0 Å². The summed E-state index contributed by atoms with van der Waals surface area (Å²) in [6.07, 6.45) is 0. The van der Waals surface area contributed by atoms with E-state index in [0.717, 1.165) is 22.3 Å². The topological polar surface area (TPSA) is 38.0 Å². The molecular formula is C14H14BrClN2. The van der Waals surface area contributed by atoms with Gasteiger partial charge < -0.3 is 11.1 Å². The van der Waals surface area contributed by atoms with Crippen LogP contribution in [0, 0.1) is 6.92 Å². The van der Waals surface area contributed by atoms with Gasteiger partial charge >= 0.3 is 0 Å². The monoisotopic (exact) mass is 324 g/mol. The van der Waals surface area contributed by atoms with Crippen molar-refractivity contribution in [3.8, 4) is 0 Å². The van der Waals surface area contributed by atoms with Gasteiger partial charge in [-0.25, -0.2) is 0 Å². The van der Waals surface area contributed by atoms with Crippen LogP contribution in [0.2, 0.25) is 5.02 Å². The Balaban J connectivity index is 2.16. The van der Waals surface area contributed by atoms with Crippen molar-refractivity contribution in [3.05, 3.63) is 57.0 Å². The molecular weight excluding hydrogens is 312 g/mol. The zero-order valence-corrected chi connectivity index (χ0v) is 12.3. The third-order valence-corrected chi connectivity index (χ3v) is 3.87. The van der Waals surface area contributed by atoms with E-state index in [-0.39, 0.29) is 0 Å². The number of benzene rings is 2. The second-order valence-electron chi connectivity index (χ2n) is 4.13. The number of nitrogens with two attached hydrogens (primary N) is 1. The summed E-state index contributed by atoms with van der Waals surface area (Å²) >= 11 is 9.55. The first-order chi connectivity index (χ1) is 8.58. The van der Waals surface area contributed by atoms with Crippen molar-refractivity contribution in [2.24, 2.45) is 0 Å². The van der Waals surface area contributed by atoms with E-state index in [1.807, 2.05) is 37.3 Å². The number of nitrogens with one attached hydrogen (secondary N) is 1. The smallest absolute Gasteiger partial charge is 0.0656 e.